The number of rotatable bonds is 8. The molecule has 118 valence electrons. The highest BCUT2D eigenvalue weighted by Crippen LogP contribution is 2.29. The Kier molecular flexibility index (Phi) is 5.24. The number of nitrogens with zero attached hydrogens (tertiary/aromatic N) is 1. The minimum atomic E-state index is -3.45. The van der Waals surface area contributed by atoms with Gasteiger partial charge in [0.15, 0.2) is 0 Å². The van der Waals surface area contributed by atoms with Crippen molar-refractivity contribution in [1.29, 1.82) is 0 Å². The van der Waals surface area contributed by atoms with E-state index in [1.165, 1.54) is 0 Å². The maximum absolute atomic E-state index is 12.5. The highest BCUT2D eigenvalue weighted by molar-refractivity contribution is 7.89. The monoisotopic (exact) mass is 311 g/mol. The minimum Gasteiger partial charge on any atom is -0.368 e. The van der Waals surface area contributed by atoms with E-state index in [2.05, 4.69) is 23.5 Å². The SMILES string of the molecule is CC(C)N(CCCN)c1ccccc1S(=O)(=O)NC1CC1. The molecule has 3 N–H and O–H groups in total. The summed E-state index contributed by atoms with van der Waals surface area (Å²) in [6, 6.07) is 7.53. The first-order chi connectivity index (χ1) is 9.95. The van der Waals surface area contributed by atoms with Crippen LogP contribution in [0.1, 0.15) is 33.1 Å². The van der Waals surface area contributed by atoms with Crippen molar-refractivity contribution >= 4 is 15.7 Å². The first-order valence-corrected chi connectivity index (χ1v) is 9.02. The number of nitrogens with two attached hydrogens (primary N) is 1. The van der Waals surface area contributed by atoms with Gasteiger partial charge in [-0.15, -0.1) is 0 Å². The molecule has 5 nitrogen and oxygen atoms in total. The van der Waals surface area contributed by atoms with E-state index in [4.69, 9.17) is 5.73 Å². The summed E-state index contributed by atoms with van der Waals surface area (Å²) in [5, 5.41) is 0. The van der Waals surface area contributed by atoms with E-state index < -0.39 is 10.0 Å². The van der Waals surface area contributed by atoms with Crippen LogP contribution in [0.4, 0.5) is 5.69 Å². The van der Waals surface area contributed by atoms with Crippen LogP contribution < -0.4 is 15.4 Å². The van der Waals surface area contributed by atoms with E-state index in [1.54, 1.807) is 12.1 Å². The predicted octanol–water partition coefficient (Wildman–Crippen LogP) is 1.69. The molecule has 0 aromatic heterocycles. The largest absolute Gasteiger partial charge is 0.368 e. The predicted molar refractivity (Wildman–Crippen MR) is 85.9 cm³/mol. The van der Waals surface area contributed by atoms with E-state index in [9.17, 15) is 8.42 Å². The summed E-state index contributed by atoms with van der Waals surface area (Å²) >= 11 is 0. The molecule has 0 heterocycles. The van der Waals surface area contributed by atoms with E-state index >= 15 is 0 Å². The molecule has 1 saturated carbocycles. The zero-order valence-corrected chi connectivity index (χ0v) is 13.6. The van der Waals surface area contributed by atoms with Crippen molar-refractivity contribution in [2.75, 3.05) is 18.0 Å². The Balaban J connectivity index is 2.33. The number of para-hydroxylation sites is 1. The van der Waals surface area contributed by atoms with Crippen LogP contribution in [0.2, 0.25) is 0 Å². The van der Waals surface area contributed by atoms with Gasteiger partial charge in [-0.1, -0.05) is 12.1 Å². The van der Waals surface area contributed by atoms with Crippen molar-refractivity contribution in [3.05, 3.63) is 24.3 Å². The molecule has 0 saturated heterocycles. The molecule has 0 aliphatic heterocycles. The normalized spacial score (nSPS) is 15.4. The molecule has 21 heavy (non-hydrogen) atoms. The van der Waals surface area contributed by atoms with Crippen molar-refractivity contribution < 1.29 is 8.42 Å². The molecule has 1 aliphatic carbocycles. The minimum absolute atomic E-state index is 0.111. The fourth-order valence-corrected chi connectivity index (χ4v) is 3.84. The lowest BCUT2D eigenvalue weighted by atomic mass is 10.2. The number of hydrogen-bond donors (Lipinski definition) is 2. The smallest absolute Gasteiger partial charge is 0.242 e. The lowest BCUT2D eigenvalue weighted by Crippen LogP contribution is -2.35. The number of nitrogens with one attached hydrogen (secondary N) is 1. The molecule has 1 fully saturated rings. The van der Waals surface area contributed by atoms with Gasteiger partial charge in [0.25, 0.3) is 0 Å². The molecule has 0 radical (unpaired) electrons. The van der Waals surface area contributed by atoms with E-state index in [-0.39, 0.29) is 12.1 Å². The number of benzene rings is 1. The van der Waals surface area contributed by atoms with Crippen LogP contribution in [-0.4, -0.2) is 33.6 Å². The summed E-state index contributed by atoms with van der Waals surface area (Å²) in [6.45, 7) is 5.48. The Morgan fingerprint density at radius 2 is 2.00 bits per heavy atom. The van der Waals surface area contributed by atoms with Crippen LogP contribution in [-0.2, 0) is 10.0 Å². The van der Waals surface area contributed by atoms with Gasteiger partial charge in [-0.2, -0.15) is 0 Å². The van der Waals surface area contributed by atoms with Gasteiger partial charge in [0.2, 0.25) is 10.0 Å². The number of sulfonamides is 1. The van der Waals surface area contributed by atoms with Crippen molar-refractivity contribution in [3.8, 4) is 0 Å². The fourth-order valence-electron chi connectivity index (χ4n) is 2.32. The average Bonchev–Trinajstić information content (AvgIpc) is 3.22. The lowest BCUT2D eigenvalue weighted by molar-refractivity contribution is 0.579. The van der Waals surface area contributed by atoms with E-state index in [1.807, 2.05) is 12.1 Å². The fraction of sp³-hybridized carbons (Fsp3) is 0.600. The van der Waals surface area contributed by atoms with Gasteiger partial charge in [-0.05, 0) is 51.8 Å². The topological polar surface area (TPSA) is 75.4 Å². The second-order valence-electron chi connectivity index (χ2n) is 5.79. The summed E-state index contributed by atoms with van der Waals surface area (Å²) in [7, 11) is -3.45. The van der Waals surface area contributed by atoms with Gasteiger partial charge in [-0.3, -0.25) is 0 Å². The Morgan fingerprint density at radius 3 is 2.57 bits per heavy atom. The lowest BCUT2D eigenvalue weighted by Gasteiger charge is -2.30. The molecule has 1 aliphatic rings. The Bertz CT molecular complexity index is 568. The van der Waals surface area contributed by atoms with E-state index in [0.717, 1.165) is 31.5 Å². The van der Waals surface area contributed by atoms with Crippen LogP contribution in [0, 0.1) is 0 Å². The van der Waals surface area contributed by atoms with Crippen molar-refractivity contribution in [2.24, 2.45) is 5.73 Å². The quantitative estimate of drug-likeness (QED) is 0.766. The highest BCUT2D eigenvalue weighted by atomic mass is 32.2. The molecule has 0 bridgehead atoms. The van der Waals surface area contributed by atoms with Gasteiger partial charge in [0, 0.05) is 18.6 Å². The Labute approximate surface area is 127 Å². The first kappa shape index (κ1) is 16.3. The summed E-state index contributed by atoms with van der Waals surface area (Å²) in [4.78, 5) is 2.47. The molecule has 0 spiro atoms. The standard InChI is InChI=1S/C15H25N3O2S/c1-12(2)18(11-5-10-16)14-6-3-4-7-15(14)21(19,20)17-13-8-9-13/h3-4,6-7,12-13,17H,5,8-11,16H2,1-2H3. The van der Waals surface area contributed by atoms with Crippen molar-refractivity contribution in [1.82, 2.24) is 4.72 Å². The van der Waals surface area contributed by atoms with Crippen LogP contribution in [0.5, 0.6) is 0 Å². The zero-order valence-electron chi connectivity index (χ0n) is 12.7. The van der Waals surface area contributed by atoms with Crippen molar-refractivity contribution in [2.45, 2.75) is 50.1 Å². The molecule has 0 atom stereocenters. The first-order valence-electron chi connectivity index (χ1n) is 7.54. The molecule has 1 aromatic carbocycles. The molecule has 0 amide bonds. The summed E-state index contributed by atoms with van der Waals surface area (Å²) < 4.78 is 27.8. The highest BCUT2D eigenvalue weighted by Gasteiger charge is 2.30. The van der Waals surface area contributed by atoms with Crippen LogP contribution in [0.3, 0.4) is 0 Å². The van der Waals surface area contributed by atoms with Gasteiger partial charge in [-0.25, -0.2) is 13.1 Å². The van der Waals surface area contributed by atoms with Crippen LogP contribution >= 0.6 is 0 Å². The number of anilines is 1. The summed E-state index contributed by atoms with van der Waals surface area (Å²) in [6.07, 6.45) is 2.70. The maximum atomic E-state index is 12.5. The summed E-state index contributed by atoms with van der Waals surface area (Å²) in [5.74, 6) is 0. The maximum Gasteiger partial charge on any atom is 0.242 e. The Hall–Kier alpha value is -1.11. The van der Waals surface area contributed by atoms with Gasteiger partial charge in [0.05, 0.1) is 5.69 Å². The van der Waals surface area contributed by atoms with Gasteiger partial charge < -0.3 is 10.6 Å². The van der Waals surface area contributed by atoms with E-state index in [0.29, 0.717) is 11.4 Å². The number of hydrogen-bond acceptors (Lipinski definition) is 4. The molecule has 0 unspecified atom stereocenters. The molecule has 2 rings (SSSR count). The molecular weight excluding hydrogens is 286 g/mol. The second kappa shape index (κ2) is 6.77. The van der Waals surface area contributed by atoms with Crippen molar-refractivity contribution in [3.63, 3.8) is 0 Å². The third-order valence-corrected chi connectivity index (χ3v) is 5.16. The van der Waals surface area contributed by atoms with Crippen LogP contribution in [0.15, 0.2) is 29.2 Å². The van der Waals surface area contributed by atoms with Crippen LogP contribution in [0.25, 0.3) is 0 Å². The molecule has 6 heteroatoms. The van der Waals surface area contributed by atoms with Gasteiger partial charge in [0.1, 0.15) is 4.90 Å². The average molecular weight is 311 g/mol. The third-order valence-electron chi connectivity index (χ3n) is 3.59. The third kappa shape index (κ3) is 4.18. The second-order valence-corrected chi connectivity index (χ2v) is 7.48. The molecule has 1 aromatic rings. The molecular formula is C15H25N3O2S. The van der Waals surface area contributed by atoms with Gasteiger partial charge >= 0.3 is 0 Å². The zero-order chi connectivity index (χ0) is 15.5. The Morgan fingerprint density at radius 1 is 1.33 bits per heavy atom. The summed E-state index contributed by atoms with van der Waals surface area (Å²) in [5.41, 5.74) is 6.35.